The van der Waals surface area contributed by atoms with Crippen molar-refractivity contribution in [1.82, 2.24) is 5.32 Å². The molecule has 0 bridgehead atoms. The molecule has 13 heavy (non-hydrogen) atoms. The Hall–Kier alpha value is -0.830. The standard InChI is InChI=1S/C10H19NO2/c1-4-5-6-9(13)11-7-10(2,3)8-12/h4,12H,1,5-8H2,2-3H3,(H,11,13). The highest BCUT2D eigenvalue weighted by molar-refractivity contribution is 5.76. The molecule has 0 aromatic rings. The third-order valence-electron chi connectivity index (χ3n) is 1.77. The second kappa shape index (κ2) is 5.75. The number of amides is 1. The summed E-state index contributed by atoms with van der Waals surface area (Å²) in [5, 5.41) is 11.7. The largest absolute Gasteiger partial charge is 0.396 e. The second-order valence-corrected chi connectivity index (χ2v) is 3.93. The van der Waals surface area contributed by atoms with E-state index in [0.717, 1.165) is 0 Å². The van der Waals surface area contributed by atoms with Gasteiger partial charge in [0.2, 0.25) is 5.91 Å². The van der Waals surface area contributed by atoms with Crippen molar-refractivity contribution in [3.63, 3.8) is 0 Å². The summed E-state index contributed by atoms with van der Waals surface area (Å²) < 4.78 is 0. The lowest BCUT2D eigenvalue weighted by Gasteiger charge is -2.21. The lowest BCUT2D eigenvalue weighted by Crippen LogP contribution is -2.35. The predicted octanol–water partition coefficient (Wildman–Crippen LogP) is 1.09. The Labute approximate surface area is 79.8 Å². The van der Waals surface area contributed by atoms with Gasteiger partial charge in [-0.1, -0.05) is 19.9 Å². The number of aliphatic hydroxyl groups is 1. The van der Waals surface area contributed by atoms with Crippen LogP contribution in [0.15, 0.2) is 12.7 Å². The zero-order valence-electron chi connectivity index (χ0n) is 8.47. The summed E-state index contributed by atoms with van der Waals surface area (Å²) in [5.74, 6) is 0.0152. The topological polar surface area (TPSA) is 49.3 Å². The molecule has 0 rings (SSSR count). The summed E-state index contributed by atoms with van der Waals surface area (Å²) in [7, 11) is 0. The molecule has 0 atom stereocenters. The third kappa shape index (κ3) is 6.34. The van der Waals surface area contributed by atoms with Gasteiger partial charge in [0.1, 0.15) is 0 Å². The number of hydrogen-bond acceptors (Lipinski definition) is 2. The molecule has 0 radical (unpaired) electrons. The minimum absolute atomic E-state index is 0.0152. The molecule has 0 aromatic heterocycles. The Morgan fingerprint density at radius 3 is 2.69 bits per heavy atom. The van der Waals surface area contributed by atoms with Crippen LogP contribution in [0.3, 0.4) is 0 Å². The zero-order valence-corrected chi connectivity index (χ0v) is 8.47. The molecule has 76 valence electrons. The number of rotatable bonds is 6. The van der Waals surface area contributed by atoms with E-state index in [1.165, 1.54) is 0 Å². The number of aliphatic hydroxyl groups excluding tert-OH is 1. The first-order valence-corrected chi connectivity index (χ1v) is 4.50. The van der Waals surface area contributed by atoms with Crippen LogP contribution in [-0.2, 0) is 4.79 Å². The van der Waals surface area contributed by atoms with Gasteiger partial charge in [0.25, 0.3) is 0 Å². The van der Waals surface area contributed by atoms with Crippen molar-refractivity contribution in [2.24, 2.45) is 5.41 Å². The van der Waals surface area contributed by atoms with Gasteiger partial charge in [-0.3, -0.25) is 4.79 Å². The highest BCUT2D eigenvalue weighted by Gasteiger charge is 2.16. The summed E-state index contributed by atoms with van der Waals surface area (Å²) >= 11 is 0. The molecule has 2 N–H and O–H groups in total. The Morgan fingerprint density at radius 2 is 2.23 bits per heavy atom. The smallest absolute Gasteiger partial charge is 0.220 e. The quantitative estimate of drug-likeness (QED) is 0.608. The fourth-order valence-corrected chi connectivity index (χ4v) is 0.715. The van der Waals surface area contributed by atoms with Crippen LogP contribution in [0.2, 0.25) is 0 Å². The van der Waals surface area contributed by atoms with Gasteiger partial charge in [0.15, 0.2) is 0 Å². The maximum atomic E-state index is 11.1. The number of hydrogen-bond donors (Lipinski definition) is 2. The summed E-state index contributed by atoms with van der Waals surface area (Å²) in [6.07, 6.45) is 2.90. The van der Waals surface area contributed by atoms with Gasteiger partial charge in [0.05, 0.1) is 0 Å². The van der Waals surface area contributed by atoms with Gasteiger partial charge >= 0.3 is 0 Å². The van der Waals surface area contributed by atoms with Gasteiger partial charge in [-0.05, 0) is 6.42 Å². The molecule has 0 heterocycles. The van der Waals surface area contributed by atoms with E-state index < -0.39 is 0 Å². The van der Waals surface area contributed by atoms with Crippen molar-refractivity contribution < 1.29 is 9.90 Å². The number of carbonyl (C=O) groups excluding carboxylic acids is 1. The van der Waals surface area contributed by atoms with E-state index in [4.69, 9.17) is 5.11 Å². The first-order chi connectivity index (χ1) is 6.02. The Kier molecular flexibility index (Phi) is 5.39. The molecule has 0 aliphatic carbocycles. The van der Waals surface area contributed by atoms with Crippen molar-refractivity contribution in [3.8, 4) is 0 Å². The fourth-order valence-electron chi connectivity index (χ4n) is 0.715. The molecule has 0 aromatic carbocycles. The highest BCUT2D eigenvalue weighted by Crippen LogP contribution is 2.11. The van der Waals surface area contributed by atoms with Gasteiger partial charge in [-0.2, -0.15) is 0 Å². The van der Waals surface area contributed by atoms with Gasteiger partial charge < -0.3 is 10.4 Å². The molecule has 0 aliphatic heterocycles. The molecule has 0 saturated heterocycles. The second-order valence-electron chi connectivity index (χ2n) is 3.93. The monoisotopic (exact) mass is 185 g/mol. The van der Waals surface area contributed by atoms with Crippen LogP contribution in [0.5, 0.6) is 0 Å². The Bertz CT molecular complexity index is 176. The van der Waals surface area contributed by atoms with Crippen LogP contribution in [0, 0.1) is 5.41 Å². The van der Waals surface area contributed by atoms with Crippen molar-refractivity contribution in [2.45, 2.75) is 26.7 Å². The zero-order chi connectivity index (χ0) is 10.3. The first-order valence-electron chi connectivity index (χ1n) is 4.50. The number of allylic oxidation sites excluding steroid dienone is 1. The molecule has 3 heteroatoms. The molecule has 0 saturated carbocycles. The van der Waals surface area contributed by atoms with Crippen LogP contribution in [0.4, 0.5) is 0 Å². The van der Waals surface area contributed by atoms with Gasteiger partial charge in [-0.15, -0.1) is 6.58 Å². The van der Waals surface area contributed by atoms with Crippen LogP contribution in [0.25, 0.3) is 0 Å². The van der Waals surface area contributed by atoms with Gasteiger partial charge in [-0.25, -0.2) is 0 Å². The van der Waals surface area contributed by atoms with Crippen LogP contribution in [-0.4, -0.2) is 24.2 Å². The normalized spacial score (nSPS) is 11.0. The lowest BCUT2D eigenvalue weighted by atomic mass is 9.95. The molecule has 0 spiro atoms. The predicted molar refractivity (Wildman–Crippen MR) is 53.3 cm³/mol. The van der Waals surface area contributed by atoms with E-state index >= 15 is 0 Å². The van der Waals surface area contributed by atoms with E-state index in [9.17, 15) is 4.79 Å². The molecule has 0 fully saturated rings. The first kappa shape index (κ1) is 12.2. The van der Waals surface area contributed by atoms with Crippen LogP contribution < -0.4 is 5.32 Å². The van der Waals surface area contributed by atoms with Crippen molar-refractivity contribution in [1.29, 1.82) is 0 Å². The van der Waals surface area contributed by atoms with Crippen molar-refractivity contribution in [3.05, 3.63) is 12.7 Å². The number of carbonyl (C=O) groups is 1. The summed E-state index contributed by atoms with van der Waals surface area (Å²) in [5.41, 5.74) is -0.232. The van der Waals surface area contributed by atoms with E-state index in [1.807, 2.05) is 13.8 Å². The maximum Gasteiger partial charge on any atom is 0.220 e. The molecular formula is C10H19NO2. The minimum atomic E-state index is -0.232. The van der Waals surface area contributed by atoms with E-state index in [-0.39, 0.29) is 17.9 Å². The van der Waals surface area contributed by atoms with Crippen molar-refractivity contribution >= 4 is 5.91 Å². The summed E-state index contributed by atoms with van der Waals surface area (Å²) in [6, 6.07) is 0. The minimum Gasteiger partial charge on any atom is -0.396 e. The Morgan fingerprint density at radius 1 is 1.62 bits per heavy atom. The van der Waals surface area contributed by atoms with Crippen LogP contribution in [0.1, 0.15) is 26.7 Å². The van der Waals surface area contributed by atoms with Crippen LogP contribution >= 0.6 is 0 Å². The summed E-state index contributed by atoms with van der Waals surface area (Å²) in [4.78, 5) is 11.1. The average molecular weight is 185 g/mol. The molecule has 1 amide bonds. The number of nitrogens with one attached hydrogen (secondary N) is 1. The molecular weight excluding hydrogens is 166 g/mol. The van der Waals surface area contributed by atoms with Gasteiger partial charge in [0, 0.05) is 25.0 Å². The SMILES string of the molecule is C=CCCC(=O)NCC(C)(C)CO. The highest BCUT2D eigenvalue weighted by atomic mass is 16.3. The molecule has 0 aliphatic rings. The molecule has 0 unspecified atom stereocenters. The Balaban J connectivity index is 3.63. The fraction of sp³-hybridized carbons (Fsp3) is 0.700. The average Bonchev–Trinajstić information content (AvgIpc) is 2.11. The van der Waals surface area contributed by atoms with Crippen molar-refractivity contribution in [2.75, 3.05) is 13.2 Å². The van der Waals surface area contributed by atoms with E-state index in [2.05, 4.69) is 11.9 Å². The maximum absolute atomic E-state index is 11.1. The third-order valence-corrected chi connectivity index (χ3v) is 1.77. The lowest BCUT2D eigenvalue weighted by molar-refractivity contribution is -0.121. The summed E-state index contributed by atoms with van der Waals surface area (Å²) in [6.45, 7) is 7.94. The van der Waals surface area contributed by atoms with E-state index in [0.29, 0.717) is 19.4 Å². The molecule has 3 nitrogen and oxygen atoms in total. The van der Waals surface area contributed by atoms with E-state index in [1.54, 1.807) is 6.08 Å².